The lowest BCUT2D eigenvalue weighted by atomic mass is 10.1. The number of rotatable bonds is 12. The van der Waals surface area contributed by atoms with Crippen molar-refractivity contribution in [2.75, 3.05) is 62.6 Å². The largest absolute Gasteiger partial charge is 0.399 e. The van der Waals surface area contributed by atoms with Gasteiger partial charge in [0.2, 0.25) is 0 Å². The molecule has 0 saturated carbocycles. The molecule has 1 heterocycles. The summed E-state index contributed by atoms with van der Waals surface area (Å²) in [4.78, 5) is 4.80. The molecule has 0 aliphatic carbocycles. The third kappa shape index (κ3) is 7.35. The molecule has 0 aliphatic heterocycles. The number of nitrogens with zero attached hydrogens (tertiary/aromatic N) is 4. The summed E-state index contributed by atoms with van der Waals surface area (Å²) in [5.41, 5.74) is 14.8. The van der Waals surface area contributed by atoms with Gasteiger partial charge in [-0.3, -0.25) is 0 Å². The summed E-state index contributed by atoms with van der Waals surface area (Å²) in [5, 5.41) is 24.8. The zero-order chi connectivity index (χ0) is 24.2. The van der Waals surface area contributed by atoms with Crippen LogP contribution in [0.3, 0.4) is 0 Å². The molecule has 0 unspecified atom stereocenters. The van der Waals surface area contributed by atoms with E-state index in [1.807, 2.05) is 0 Å². The molecule has 1 aromatic carbocycles. The molecule has 0 spiro atoms. The van der Waals surface area contributed by atoms with Gasteiger partial charge in [-0.2, -0.15) is 5.26 Å². The average molecular weight is 471 g/mol. The first-order valence-electron chi connectivity index (χ1n) is 10.4. The molecule has 176 valence electrons. The molecule has 33 heavy (non-hydrogen) atoms. The van der Waals surface area contributed by atoms with Crippen molar-refractivity contribution in [1.82, 2.24) is 4.98 Å². The fraction of sp³-hybridized carbons (Fsp3) is 0.409. The highest BCUT2D eigenvalue weighted by Crippen LogP contribution is 2.34. The zero-order valence-corrected chi connectivity index (χ0v) is 20.0. The van der Waals surface area contributed by atoms with Crippen molar-refractivity contribution in [2.45, 2.75) is 19.8 Å². The Kier molecular flexibility index (Phi) is 10.4. The second-order valence-electron chi connectivity index (χ2n) is 7.17. The molecule has 0 bridgehead atoms. The van der Waals surface area contributed by atoms with E-state index in [-0.39, 0.29) is 4.99 Å². The predicted octanol–water partition coefficient (Wildman–Crippen LogP) is 3.78. The van der Waals surface area contributed by atoms with E-state index in [0.717, 1.165) is 12.8 Å². The molecule has 0 saturated heterocycles. The molecular weight excluding hydrogens is 440 g/mol. The lowest BCUT2D eigenvalue weighted by Crippen LogP contribution is -2.12. The van der Waals surface area contributed by atoms with Gasteiger partial charge < -0.3 is 31.6 Å². The summed E-state index contributed by atoms with van der Waals surface area (Å²) < 4.78 is 10.2. The highest BCUT2D eigenvalue weighted by molar-refractivity contribution is 7.80. The molecule has 2 rings (SSSR count). The number of azo groups is 1. The molecule has 1 aromatic heterocycles. The molecule has 11 heteroatoms. The summed E-state index contributed by atoms with van der Waals surface area (Å²) in [7, 11) is 3.29. The maximum atomic E-state index is 9.77. The standard InChI is InChI=1S/C22H30N8O2S/c1-14-17(13-23)20(26-8-4-10-31-2)28-21(27-9-5-11-32-3)19(14)29-30-22(33)16-12-15(24)6-7-18(16)25/h6-7,12H,4-5,8-11,24-25H2,1-3H3,(H2,26,27,28). The van der Waals surface area contributed by atoms with Crippen LogP contribution in [-0.4, -0.2) is 50.5 Å². The predicted molar refractivity (Wildman–Crippen MR) is 135 cm³/mol. The minimum absolute atomic E-state index is 0.185. The molecule has 0 fully saturated rings. The summed E-state index contributed by atoms with van der Waals surface area (Å²) >= 11 is 5.40. The fourth-order valence-corrected chi connectivity index (χ4v) is 3.18. The quantitative estimate of drug-likeness (QED) is 0.157. The Bertz CT molecular complexity index is 1040. The first kappa shape index (κ1) is 25.9. The maximum absolute atomic E-state index is 9.77. The molecule has 0 amide bonds. The minimum atomic E-state index is 0.185. The summed E-state index contributed by atoms with van der Waals surface area (Å²) in [6.45, 7) is 4.21. The number of hydrogen-bond acceptors (Lipinski definition) is 10. The average Bonchev–Trinajstić information content (AvgIpc) is 2.80. The summed E-state index contributed by atoms with van der Waals surface area (Å²) in [5.74, 6) is 0.964. The Morgan fingerprint density at radius 3 is 2.36 bits per heavy atom. The topological polar surface area (TPSA) is 156 Å². The number of nitrogens with one attached hydrogen (secondary N) is 2. The molecule has 10 nitrogen and oxygen atoms in total. The number of methoxy groups -OCH3 is 2. The van der Waals surface area contributed by atoms with Crippen molar-refractivity contribution in [3.05, 3.63) is 34.9 Å². The van der Waals surface area contributed by atoms with E-state index in [9.17, 15) is 5.26 Å². The first-order chi connectivity index (χ1) is 15.9. The van der Waals surface area contributed by atoms with Crippen LogP contribution in [0.5, 0.6) is 0 Å². The van der Waals surface area contributed by atoms with Gasteiger partial charge >= 0.3 is 0 Å². The number of hydrogen-bond donors (Lipinski definition) is 4. The summed E-state index contributed by atoms with van der Waals surface area (Å²) in [6.07, 6.45) is 1.54. The van der Waals surface area contributed by atoms with Crippen molar-refractivity contribution in [3.63, 3.8) is 0 Å². The van der Waals surface area contributed by atoms with Gasteiger partial charge in [0.1, 0.15) is 17.6 Å². The molecule has 0 atom stereocenters. The van der Waals surface area contributed by atoms with Crippen LogP contribution in [0.15, 0.2) is 28.4 Å². The number of ether oxygens (including phenoxy) is 2. The first-order valence-corrected chi connectivity index (χ1v) is 10.8. The Morgan fingerprint density at radius 1 is 1.12 bits per heavy atom. The van der Waals surface area contributed by atoms with E-state index in [0.29, 0.717) is 71.7 Å². The van der Waals surface area contributed by atoms with E-state index >= 15 is 0 Å². The van der Waals surface area contributed by atoms with Crippen molar-refractivity contribution >= 4 is 45.9 Å². The second kappa shape index (κ2) is 13.3. The molecule has 6 N–H and O–H groups in total. The molecular formula is C22H30N8O2S. The third-order valence-corrected chi connectivity index (χ3v) is 5.01. The SMILES string of the molecule is COCCCNc1nc(NCCCOC)c(N=NC(=S)c2cc(N)ccc2N)c(C)c1C#N. The van der Waals surface area contributed by atoms with Crippen molar-refractivity contribution in [2.24, 2.45) is 10.2 Å². The van der Waals surface area contributed by atoms with Gasteiger partial charge in [0.05, 0.1) is 5.56 Å². The number of nitrogen functional groups attached to an aromatic ring is 2. The fourth-order valence-electron chi connectivity index (χ4n) is 2.96. The second-order valence-corrected chi connectivity index (χ2v) is 7.55. The highest BCUT2D eigenvalue weighted by atomic mass is 32.1. The number of thiocarbonyl (C=S) groups is 1. The van der Waals surface area contributed by atoms with Gasteiger partial charge in [-0.05, 0) is 38.0 Å². The lowest BCUT2D eigenvalue weighted by Gasteiger charge is -2.15. The van der Waals surface area contributed by atoms with Crippen LogP contribution in [0.2, 0.25) is 0 Å². The van der Waals surface area contributed by atoms with Crippen LogP contribution >= 0.6 is 12.2 Å². The maximum Gasteiger partial charge on any atom is 0.158 e. The number of benzene rings is 1. The van der Waals surface area contributed by atoms with Crippen molar-refractivity contribution in [3.8, 4) is 6.07 Å². The number of nitrogens with two attached hydrogens (primary N) is 2. The van der Waals surface area contributed by atoms with Crippen LogP contribution < -0.4 is 22.1 Å². The van der Waals surface area contributed by atoms with E-state index in [1.165, 1.54) is 0 Å². The number of nitriles is 1. The minimum Gasteiger partial charge on any atom is -0.399 e. The Labute approximate surface area is 199 Å². The molecule has 0 aliphatic rings. The van der Waals surface area contributed by atoms with Crippen molar-refractivity contribution < 1.29 is 9.47 Å². The summed E-state index contributed by atoms with van der Waals surface area (Å²) in [6, 6.07) is 7.22. The van der Waals surface area contributed by atoms with Gasteiger partial charge in [-0.25, -0.2) is 4.98 Å². The van der Waals surface area contributed by atoms with Crippen molar-refractivity contribution in [1.29, 1.82) is 5.26 Å². The highest BCUT2D eigenvalue weighted by Gasteiger charge is 2.17. The van der Waals surface area contributed by atoms with Gasteiger partial charge in [-0.15, -0.1) is 10.2 Å². The van der Waals surface area contributed by atoms with Gasteiger partial charge in [-0.1, -0.05) is 12.2 Å². The number of aromatic nitrogens is 1. The van der Waals surface area contributed by atoms with Crippen LogP contribution in [-0.2, 0) is 9.47 Å². The monoisotopic (exact) mass is 470 g/mol. The smallest absolute Gasteiger partial charge is 0.158 e. The van der Waals surface area contributed by atoms with Gasteiger partial charge in [0, 0.05) is 63.0 Å². The van der Waals surface area contributed by atoms with Crippen LogP contribution in [0.25, 0.3) is 0 Å². The van der Waals surface area contributed by atoms with E-state index < -0.39 is 0 Å². The Morgan fingerprint density at radius 2 is 1.76 bits per heavy atom. The zero-order valence-electron chi connectivity index (χ0n) is 19.1. The normalized spacial score (nSPS) is 10.8. The molecule has 0 radical (unpaired) electrons. The number of anilines is 4. The van der Waals surface area contributed by atoms with Crippen LogP contribution in [0, 0.1) is 18.3 Å². The van der Waals surface area contributed by atoms with Crippen LogP contribution in [0.1, 0.15) is 29.5 Å². The number of pyridine rings is 1. The Hall–Kier alpha value is -3.33. The third-order valence-electron chi connectivity index (χ3n) is 4.71. The lowest BCUT2D eigenvalue weighted by molar-refractivity contribution is 0.197. The van der Waals surface area contributed by atoms with Gasteiger partial charge in [0.25, 0.3) is 0 Å². The van der Waals surface area contributed by atoms with E-state index in [4.69, 9.17) is 33.2 Å². The molecule has 2 aromatic rings. The van der Waals surface area contributed by atoms with Crippen LogP contribution in [0.4, 0.5) is 28.7 Å². The Balaban J connectivity index is 2.40. The van der Waals surface area contributed by atoms with E-state index in [1.54, 1.807) is 39.3 Å². The van der Waals surface area contributed by atoms with Gasteiger partial charge in [0.15, 0.2) is 10.8 Å². The van der Waals surface area contributed by atoms with E-state index in [2.05, 4.69) is 31.9 Å².